The third kappa shape index (κ3) is 7.19. The van der Waals surface area contributed by atoms with Gasteiger partial charge in [-0.25, -0.2) is 0 Å². The van der Waals surface area contributed by atoms with E-state index in [0.717, 1.165) is 25.2 Å². The molecule has 3 fully saturated rings. The van der Waals surface area contributed by atoms with Crippen LogP contribution in [0.25, 0.3) is 0 Å². The molecule has 0 saturated carbocycles. The molecule has 0 aromatic rings. The summed E-state index contributed by atoms with van der Waals surface area (Å²) in [6.07, 6.45) is 6.99. The second-order valence-corrected chi connectivity index (χ2v) is 10.1. The highest BCUT2D eigenvalue weighted by Gasteiger charge is 2.33. The average molecular weight is 355 g/mol. The fraction of sp³-hybridized carbons (Fsp3) is 1.00. The minimum Gasteiger partial charge on any atom is -0.378 e. The van der Waals surface area contributed by atoms with E-state index in [0.29, 0.717) is 11.0 Å². The molecule has 0 aromatic heterocycles. The van der Waals surface area contributed by atoms with Crippen LogP contribution in [0, 0.1) is 11.3 Å². The summed E-state index contributed by atoms with van der Waals surface area (Å²) >= 11 is 0. The van der Waals surface area contributed by atoms with Crippen molar-refractivity contribution >= 4 is 0 Å². The summed E-state index contributed by atoms with van der Waals surface area (Å²) in [6.45, 7) is 21.2. The van der Waals surface area contributed by atoms with Crippen molar-refractivity contribution in [2.75, 3.05) is 39.4 Å². The average Bonchev–Trinajstić information content (AvgIpc) is 2.46. The quantitative estimate of drug-likeness (QED) is 0.655. The number of piperidine rings is 2. The molecule has 3 saturated heterocycles. The first-order chi connectivity index (χ1) is 11.2. The molecule has 25 heavy (non-hydrogen) atoms. The molecule has 0 radical (unpaired) electrons. The maximum absolute atomic E-state index is 5.24. The third-order valence-electron chi connectivity index (χ3n) is 6.20. The molecule has 0 aromatic carbocycles. The van der Waals surface area contributed by atoms with Crippen molar-refractivity contribution < 1.29 is 4.74 Å². The minimum absolute atomic E-state index is 0. The Bertz CT molecular complexity index is 351. The summed E-state index contributed by atoms with van der Waals surface area (Å²) < 4.78 is 5.24. The monoisotopic (exact) mass is 354 g/mol. The molecule has 3 rings (SSSR count). The molecule has 0 bridgehead atoms. The molecule has 0 unspecified atom stereocenters. The van der Waals surface area contributed by atoms with E-state index in [1.165, 1.54) is 58.3 Å². The molecule has 3 nitrogen and oxygen atoms in total. The van der Waals surface area contributed by atoms with Gasteiger partial charge in [-0.1, -0.05) is 34.6 Å². The first-order valence-corrected chi connectivity index (χ1v) is 10.2. The number of hydrogen-bond donors (Lipinski definition) is 0. The lowest BCUT2D eigenvalue weighted by Crippen LogP contribution is -2.52. The van der Waals surface area contributed by atoms with Crippen molar-refractivity contribution in [2.45, 2.75) is 92.7 Å². The Morgan fingerprint density at radius 1 is 0.760 bits per heavy atom. The standard InChI is InChI=1S/C12H23NO.C9H19N.CH4/c1-12(2,3)10-4-6-13(7-5-10)11-8-14-9-11;1-9(2,3)10-7-5-4-6-8-10;/h10-11H,4-9H2,1-3H3;4-8H2,1-3H3;1H4. The van der Waals surface area contributed by atoms with Crippen molar-refractivity contribution in [1.29, 1.82) is 0 Å². The summed E-state index contributed by atoms with van der Waals surface area (Å²) in [5, 5.41) is 0. The maximum atomic E-state index is 5.24. The van der Waals surface area contributed by atoms with Gasteiger partial charge in [0, 0.05) is 5.54 Å². The summed E-state index contributed by atoms with van der Waals surface area (Å²) in [4.78, 5) is 5.20. The topological polar surface area (TPSA) is 15.7 Å². The minimum atomic E-state index is 0. The van der Waals surface area contributed by atoms with Crippen LogP contribution in [0.15, 0.2) is 0 Å². The zero-order valence-electron chi connectivity index (χ0n) is 17.2. The van der Waals surface area contributed by atoms with Gasteiger partial charge in [0.15, 0.2) is 0 Å². The molecule has 3 heteroatoms. The van der Waals surface area contributed by atoms with E-state index >= 15 is 0 Å². The Balaban J connectivity index is 0.000000254. The second kappa shape index (κ2) is 9.71. The fourth-order valence-corrected chi connectivity index (χ4v) is 4.13. The highest BCUT2D eigenvalue weighted by atomic mass is 16.5. The van der Waals surface area contributed by atoms with Gasteiger partial charge < -0.3 is 4.74 Å². The van der Waals surface area contributed by atoms with Gasteiger partial charge in [0.25, 0.3) is 0 Å². The number of nitrogens with zero attached hydrogens (tertiary/aromatic N) is 2. The largest absolute Gasteiger partial charge is 0.378 e. The van der Waals surface area contributed by atoms with Crippen LogP contribution in [0.4, 0.5) is 0 Å². The molecular weight excluding hydrogens is 308 g/mol. The van der Waals surface area contributed by atoms with Gasteiger partial charge in [0.05, 0.1) is 19.3 Å². The lowest BCUT2D eigenvalue weighted by molar-refractivity contribution is -0.0780. The molecule has 3 aliphatic rings. The molecular formula is C22H46N2O. The molecule has 0 atom stereocenters. The Morgan fingerprint density at radius 3 is 1.60 bits per heavy atom. The van der Waals surface area contributed by atoms with Crippen molar-refractivity contribution in [3.8, 4) is 0 Å². The molecule has 150 valence electrons. The van der Waals surface area contributed by atoms with Gasteiger partial charge in [-0.2, -0.15) is 0 Å². The lowest BCUT2D eigenvalue weighted by atomic mass is 9.75. The Hall–Kier alpha value is -0.120. The van der Waals surface area contributed by atoms with Crippen molar-refractivity contribution in [2.24, 2.45) is 11.3 Å². The van der Waals surface area contributed by atoms with Gasteiger partial charge in [-0.05, 0) is 84.0 Å². The summed E-state index contributed by atoms with van der Waals surface area (Å²) in [5.41, 5.74) is 0.905. The lowest BCUT2D eigenvalue weighted by Gasteiger charge is -2.44. The van der Waals surface area contributed by atoms with E-state index in [1.807, 2.05) is 0 Å². The summed E-state index contributed by atoms with van der Waals surface area (Å²) in [7, 11) is 0. The van der Waals surface area contributed by atoms with Crippen LogP contribution in [0.3, 0.4) is 0 Å². The van der Waals surface area contributed by atoms with Crippen molar-refractivity contribution in [1.82, 2.24) is 9.80 Å². The number of ether oxygens (including phenoxy) is 1. The predicted molar refractivity (Wildman–Crippen MR) is 110 cm³/mol. The van der Waals surface area contributed by atoms with E-state index in [4.69, 9.17) is 4.74 Å². The second-order valence-electron chi connectivity index (χ2n) is 10.1. The van der Waals surface area contributed by atoms with Crippen LogP contribution in [0.2, 0.25) is 0 Å². The van der Waals surface area contributed by atoms with E-state index in [2.05, 4.69) is 51.3 Å². The molecule has 0 N–H and O–H groups in total. The first kappa shape index (κ1) is 22.9. The zero-order chi connectivity index (χ0) is 17.8. The Labute approximate surface area is 158 Å². The Kier molecular flexibility index (Phi) is 8.90. The zero-order valence-corrected chi connectivity index (χ0v) is 17.2. The van der Waals surface area contributed by atoms with Gasteiger partial charge in [0.2, 0.25) is 0 Å². The van der Waals surface area contributed by atoms with Crippen LogP contribution in [-0.2, 0) is 4.74 Å². The highest BCUT2D eigenvalue weighted by Crippen LogP contribution is 2.35. The summed E-state index contributed by atoms with van der Waals surface area (Å²) in [6, 6.07) is 0.746. The molecule has 3 heterocycles. The van der Waals surface area contributed by atoms with Gasteiger partial charge >= 0.3 is 0 Å². The highest BCUT2D eigenvalue weighted by molar-refractivity contribution is 4.85. The SMILES string of the molecule is C.CC(C)(C)C1CCN(C2COC2)CC1.CC(C)(C)N1CCCCC1. The summed E-state index contributed by atoms with van der Waals surface area (Å²) in [5.74, 6) is 0.916. The predicted octanol–water partition coefficient (Wildman–Crippen LogP) is 5.05. The van der Waals surface area contributed by atoms with Crippen LogP contribution in [-0.4, -0.2) is 60.8 Å². The van der Waals surface area contributed by atoms with E-state index in [9.17, 15) is 0 Å². The van der Waals surface area contributed by atoms with Crippen LogP contribution >= 0.6 is 0 Å². The van der Waals surface area contributed by atoms with Gasteiger partial charge in [-0.15, -0.1) is 0 Å². The molecule has 0 aliphatic carbocycles. The number of rotatable bonds is 1. The number of likely N-dealkylation sites (tertiary alicyclic amines) is 2. The molecule has 0 spiro atoms. The Morgan fingerprint density at radius 2 is 1.28 bits per heavy atom. The smallest absolute Gasteiger partial charge is 0.0645 e. The van der Waals surface area contributed by atoms with Crippen LogP contribution in [0.5, 0.6) is 0 Å². The van der Waals surface area contributed by atoms with E-state index < -0.39 is 0 Å². The van der Waals surface area contributed by atoms with E-state index in [1.54, 1.807) is 0 Å². The fourth-order valence-electron chi connectivity index (χ4n) is 4.13. The number of hydrogen-bond acceptors (Lipinski definition) is 3. The first-order valence-electron chi connectivity index (χ1n) is 10.2. The normalized spacial score (nSPS) is 24.7. The maximum Gasteiger partial charge on any atom is 0.0645 e. The van der Waals surface area contributed by atoms with Crippen molar-refractivity contribution in [3.05, 3.63) is 0 Å². The third-order valence-corrected chi connectivity index (χ3v) is 6.20. The van der Waals surface area contributed by atoms with Gasteiger partial charge in [0.1, 0.15) is 0 Å². The van der Waals surface area contributed by atoms with Crippen LogP contribution in [0.1, 0.15) is 81.1 Å². The van der Waals surface area contributed by atoms with Crippen molar-refractivity contribution in [3.63, 3.8) is 0 Å². The van der Waals surface area contributed by atoms with Gasteiger partial charge in [-0.3, -0.25) is 9.80 Å². The molecule has 3 aliphatic heterocycles. The van der Waals surface area contributed by atoms with E-state index in [-0.39, 0.29) is 7.43 Å². The van der Waals surface area contributed by atoms with Crippen LogP contribution < -0.4 is 0 Å². The molecule has 0 amide bonds.